The van der Waals surface area contributed by atoms with Gasteiger partial charge in [0.15, 0.2) is 0 Å². The first-order valence-corrected chi connectivity index (χ1v) is 7.66. The van der Waals surface area contributed by atoms with Crippen LogP contribution in [-0.2, 0) is 18.3 Å². The summed E-state index contributed by atoms with van der Waals surface area (Å²) in [6.07, 6.45) is 2.99. The maximum absolute atomic E-state index is 13.2. The summed E-state index contributed by atoms with van der Waals surface area (Å²) in [5.41, 5.74) is 9.98. The minimum absolute atomic E-state index is 0.0169. The van der Waals surface area contributed by atoms with Crippen molar-refractivity contribution >= 4 is 15.9 Å². The predicted molar refractivity (Wildman–Crippen MR) is 83.3 cm³/mol. The third kappa shape index (κ3) is 2.29. The quantitative estimate of drug-likeness (QED) is 0.903. The first kappa shape index (κ1) is 13.8. The van der Waals surface area contributed by atoms with Gasteiger partial charge in [-0.15, -0.1) is 0 Å². The van der Waals surface area contributed by atoms with Crippen LogP contribution < -0.4 is 5.73 Å². The Labute approximate surface area is 127 Å². The van der Waals surface area contributed by atoms with E-state index in [0.29, 0.717) is 6.54 Å². The summed E-state index contributed by atoms with van der Waals surface area (Å²) in [7, 11) is 0. The zero-order valence-corrected chi connectivity index (χ0v) is 12.8. The van der Waals surface area contributed by atoms with Crippen LogP contribution in [0.2, 0.25) is 0 Å². The van der Waals surface area contributed by atoms with Gasteiger partial charge in [0.1, 0.15) is 5.82 Å². The molecule has 0 aliphatic heterocycles. The molecule has 0 spiro atoms. The number of benzene rings is 2. The molecule has 0 saturated carbocycles. The van der Waals surface area contributed by atoms with E-state index in [1.54, 1.807) is 0 Å². The number of hydrogen-bond donors (Lipinski definition) is 1. The Bertz CT molecular complexity index is 641. The van der Waals surface area contributed by atoms with Gasteiger partial charge in [-0.05, 0) is 48.1 Å². The number of aryl methyl sites for hydroxylation is 1. The molecule has 0 amide bonds. The van der Waals surface area contributed by atoms with E-state index in [0.717, 1.165) is 29.3 Å². The van der Waals surface area contributed by atoms with Crippen LogP contribution >= 0.6 is 15.9 Å². The highest BCUT2D eigenvalue weighted by Gasteiger charge is 2.37. The Hall–Kier alpha value is -1.19. The topological polar surface area (TPSA) is 26.0 Å². The van der Waals surface area contributed by atoms with Crippen molar-refractivity contribution in [2.75, 3.05) is 6.54 Å². The molecule has 0 bridgehead atoms. The Morgan fingerprint density at radius 1 is 1.20 bits per heavy atom. The summed E-state index contributed by atoms with van der Waals surface area (Å²) < 4.78 is 14.1. The molecule has 104 valence electrons. The van der Waals surface area contributed by atoms with Crippen molar-refractivity contribution in [3.63, 3.8) is 0 Å². The van der Waals surface area contributed by atoms with Gasteiger partial charge < -0.3 is 5.73 Å². The average Bonchev–Trinajstić information content (AvgIpc) is 2.82. The van der Waals surface area contributed by atoms with Crippen LogP contribution in [0.4, 0.5) is 4.39 Å². The Kier molecular flexibility index (Phi) is 3.65. The summed E-state index contributed by atoms with van der Waals surface area (Å²) >= 11 is 3.47. The van der Waals surface area contributed by atoms with E-state index < -0.39 is 0 Å². The summed E-state index contributed by atoms with van der Waals surface area (Å²) in [4.78, 5) is 0. The number of rotatable bonds is 3. The molecule has 1 atom stereocenters. The van der Waals surface area contributed by atoms with Crippen molar-refractivity contribution in [1.29, 1.82) is 0 Å². The van der Waals surface area contributed by atoms with Crippen molar-refractivity contribution in [3.8, 4) is 0 Å². The molecular weight excluding hydrogens is 317 g/mol. The maximum atomic E-state index is 13.2. The second-order valence-corrected chi connectivity index (χ2v) is 6.41. The van der Waals surface area contributed by atoms with Gasteiger partial charge >= 0.3 is 0 Å². The van der Waals surface area contributed by atoms with Gasteiger partial charge in [0.05, 0.1) is 0 Å². The Morgan fingerprint density at radius 2 is 2.00 bits per heavy atom. The summed E-state index contributed by atoms with van der Waals surface area (Å²) in [5, 5.41) is 0. The van der Waals surface area contributed by atoms with Crippen LogP contribution in [0.5, 0.6) is 0 Å². The lowest BCUT2D eigenvalue weighted by molar-refractivity contribution is 0.431. The van der Waals surface area contributed by atoms with Crippen molar-refractivity contribution in [3.05, 3.63) is 69.4 Å². The van der Waals surface area contributed by atoms with Gasteiger partial charge in [0, 0.05) is 16.4 Å². The van der Waals surface area contributed by atoms with Gasteiger partial charge in [-0.2, -0.15) is 0 Å². The van der Waals surface area contributed by atoms with Gasteiger partial charge in [0.2, 0.25) is 0 Å². The molecule has 20 heavy (non-hydrogen) atoms. The molecule has 0 radical (unpaired) electrons. The molecule has 3 heteroatoms. The summed E-state index contributed by atoms with van der Waals surface area (Å²) in [5.74, 6) is -0.214. The van der Waals surface area contributed by atoms with E-state index in [-0.39, 0.29) is 11.2 Å². The lowest BCUT2D eigenvalue weighted by atomic mass is 9.76. The maximum Gasteiger partial charge on any atom is 0.124 e. The average molecular weight is 334 g/mol. The molecule has 1 aliphatic carbocycles. The van der Waals surface area contributed by atoms with Crippen molar-refractivity contribution in [1.82, 2.24) is 0 Å². The normalized spacial score (nSPS) is 20.9. The van der Waals surface area contributed by atoms with E-state index in [1.807, 2.05) is 6.07 Å². The second kappa shape index (κ2) is 5.30. The SMILES string of the molecule is NCC1(Cc2ccc(F)cc2Br)CCc2ccccc21. The van der Waals surface area contributed by atoms with Crippen molar-refractivity contribution in [2.24, 2.45) is 5.73 Å². The summed E-state index contributed by atoms with van der Waals surface area (Å²) in [6, 6.07) is 13.4. The van der Waals surface area contributed by atoms with E-state index in [9.17, 15) is 4.39 Å². The third-order valence-corrected chi connectivity index (χ3v) is 5.13. The number of nitrogens with two attached hydrogens (primary N) is 1. The van der Waals surface area contributed by atoms with Gasteiger partial charge in [-0.25, -0.2) is 4.39 Å². The Morgan fingerprint density at radius 3 is 2.75 bits per heavy atom. The van der Waals surface area contributed by atoms with Crippen LogP contribution in [-0.4, -0.2) is 6.54 Å². The molecule has 0 heterocycles. The lowest BCUT2D eigenvalue weighted by Crippen LogP contribution is -2.35. The van der Waals surface area contributed by atoms with E-state index in [1.165, 1.54) is 23.3 Å². The van der Waals surface area contributed by atoms with Gasteiger partial charge in [-0.1, -0.05) is 46.3 Å². The highest BCUT2D eigenvalue weighted by atomic mass is 79.9. The fourth-order valence-electron chi connectivity index (χ4n) is 3.26. The van der Waals surface area contributed by atoms with E-state index >= 15 is 0 Å². The second-order valence-electron chi connectivity index (χ2n) is 5.55. The molecule has 2 N–H and O–H groups in total. The predicted octanol–water partition coefficient (Wildman–Crippen LogP) is 3.97. The zero-order chi connectivity index (χ0) is 14.2. The van der Waals surface area contributed by atoms with E-state index in [4.69, 9.17) is 5.73 Å². The molecule has 0 aromatic heterocycles. The monoisotopic (exact) mass is 333 g/mol. The van der Waals surface area contributed by atoms with Crippen LogP contribution in [0.1, 0.15) is 23.1 Å². The zero-order valence-electron chi connectivity index (χ0n) is 11.2. The largest absolute Gasteiger partial charge is 0.330 e. The highest BCUT2D eigenvalue weighted by Crippen LogP contribution is 2.41. The van der Waals surface area contributed by atoms with Crippen LogP contribution in [0, 0.1) is 5.82 Å². The first-order valence-electron chi connectivity index (χ1n) is 6.87. The molecule has 1 nitrogen and oxygen atoms in total. The molecule has 1 aliphatic rings. The highest BCUT2D eigenvalue weighted by molar-refractivity contribution is 9.10. The fourth-order valence-corrected chi connectivity index (χ4v) is 3.75. The van der Waals surface area contributed by atoms with Crippen LogP contribution in [0.3, 0.4) is 0 Å². The fraction of sp³-hybridized carbons (Fsp3) is 0.294. The number of hydrogen-bond acceptors (Lipinski definition) is 1. The van der Waals surface area contributed by atoms with Crippen molar-refractivity contribution in [2.45, 2.75) is 24.7 Å². The smallest absolute Gasteiger partial charge is 0.124 e. The molecule has 0 saturated heterocycles. The molecule has 1 unspecified atom stereocenters. The lowest BCUT2D eigenvalue weighted by Gasteiger charge is -2.29. The standard InChI is InChI=1S/C17H17BrFN/c18-16-9-14(19)6-5-13(16)10-17(11-20)8-7-12-3-1-2-4-15(12)17/h1-6,9H,7-8,10-11,20H2. The molecule has 2 aromatic carbocycles. The molecular formula is C17H17BrFN. The molecule has 0 fully saturated rings. The summed E-state index contributed by atoms with van der Waals surface area (Å²) in [6.45, 7) is 0.619. The minimum atomic E-state index is -0.214. The van der Waals surface area contributed by atoms with Gasteiger partial charge in [-0.3, -0.25) is 0 Å². The Balaban J connectivity index is 1.99. The van der Waals surface area contributed by atoms with Crippen LogP contribution in [0.25, 0.3) is 0 Å². The number of halogens is 2. The molecule has 2 aromatic rings. The third-order valence-electron chi connectivity index (χ3n) is 4.40. The van der Waals surface area contributed by atoms with Gasteiger partial charge in [0.25, 0.3) is 0 Å². The van der Waals surface area contributed by atoms with Crippen molar-refractivity contribution < 1.29 is 4.39 Å². The minimum Gasteiger partial charge on any atom is -0.330 e. The first-order chi connectivity index (χ1) is 9.64. The number of fused-ring (bicyclic) bond motifs is 1. The molecule has 3 rings (SSSR count). The van der Waals surface area contributed by atoms with E-state index in [2.05, 4.69) is 40.2 Å². The van der Waals surface area contributed by atoms with Crippen LogP contribution in [0.15, 0.2) is 46.9 Å².